The number of benzene rings is 3. The molecule has 172 valence electrons. The molecule has 4 aromatic rings. The third-order valence-corrected chi connectivity index (χ3v) is 5.83. The van der Waals surface area contributed by atoms with Gasteiger partial charge in [-0.05, 0) is 59.7 Å². The molecule has 1 aromatic heterocycles. The summed E-state index contributed by atoms with van der Waals surface area (Å²) in [6, 6.07) is 15.2. The first-order chi connectivity index (χ1) is 16.4. The number of nitrogens with zero attached hydrogens (tertiary/aromatic N) is 2. The number of methoxy groups -OCH3 is 2. The third kappa shape index (κ3) is 5.76. The number of halogens is 1. The Kier molecular flexibility index (Phi) is 8.74. The zero-order valence-corrected chi connectivity index (χ0v) is 22.0. The van der Waals surface area contributed by atoms with Gasteiger partial charge in [0.1, 0.15) is 16.8 Å². The average Bonchev–Trinajstić information content (AvgIpc) is 3.31. The fourth-order valence-corrected chi connectivity index (χ4v) is 4.09. The van der Waals surface area contributed by atoms with E-state index in [-0.39, 0.29) is 64.0 Å². The number of carbonyl (C=O) groups excluding carboxylic acids is 2. The van der Waals surface area contributed by atoms with Gasteiger partial charge in [-0.2, -0.15) is 8.75 Å². The van der Waals surface area contributed by atoms with Crippen molar-refractivity contribution in [2.24, 2.45) is 0 Å². The molecule has 35 heavy (non-hydrogen) atoms. The maximum Gasteiger partial charge on any atom is 1.00 e. The van der Waals surface area contributed by atoms with Gasteiger partial charge < -0.3 is 19.4 Å². The topological polar surface area (TPSA) is 101 Å². The summed E-state index contributed by atoms with van der Waals surface area (Å²) in [5.41, 5.74) is 1.63. The molecule has 0 unspecified atom stereocenters. The number of fused-ring (bicyclic) bond motifs is 1. The van der Waals surface area contributed by atoms with Crippen LogP contribution in [0.15, 0.2) is 66.2 Å². The summed E-state index contributed by atoms with van der Waals surface area (Å²) in [5.74, 6) is -2.11. The number of rotatable bonds is 8. The summed E-state index contributed by atoms with van der Waals surface area (Å²) in [7, 11) is 2.84. The van der Waals surface area contributed by atoms with Crippen LogP contribution >= 0.6 is 11.7 Å². The number of ketones is 1. The zero-order valence-electron chi connectivity index (χ0n) is 19.2. The van der Waals surface area contributed by atoms with Gasteiger partial charge in [0.25, 0.3) is 0 Å². The number of Topliss-reactive ketones (excluding diaryl/α,β-unsaturated/α-hetero) is 1. The quantitative estimate of drug-likeness (QED) is 0.197. The molecule has 1 heterocycles. The molecule has 0 N–H and O–H groups in total. The van der Waals surface area contributed by atoms with Crippen LogP contribution in [0, 0.1) is 5.82 Å². The molecule has 7 nitrogen and oxygen atoms in total. The summed E-state index contributed by atoms with van der Waals surface area (Å²) in [4.78, 5) is 25.9. The van der Waals surface area contributed by atoms with E-state index >= 15 is 0 Å². The van der Waals surface area contributed by atoms with Crippen molar-refractivity contribution in [2.45, 2.75) is 6.42 Å². The summed E-state index contributed by atoms with van der Waals surface area (Å²) in [5, 5.41) is 12.3. The molecule has 0 aliphatic rings. The van der Waals surface area contributed by atoms with Gasteiger partial charge in [-0.15, -0.1) is 0 Å². The summed E-state index contributed by atoms with van der Waals surface area (Å²) in [6.45, 7) is 0. The van der Waals surface area contributed by atoms with E-state index in [1.165, 1.54) is 38.5 Å². The van der Waals surface area contributed by atoms with Crippen molar-refractivity contribution in [1.29, 1.82) is 0 Å². The molecule has 3 aromatic carbocycles. The maximum atomic E-state index is 14.3. The van der Waals surface area contributed by atoms with E-state index in [9.17, 15) is 19.1 Å². The minimum absolute atomic E-state index is 0. The van der Waals surface area contributed by atoms with Crippen LogP contribution in [-0.4, -0.2) is 34.7 Å². The van der Waals surface area contributed by atoms with Crippen molar-refractivity contribution in [3.05, 3.63) is 88.7 Å². The van der Waals surface area contributed by atoms with Gasteiger partial charge in [0.15, 0.2) is 17.3 Å². The maximum absolute atomic E-state index is 14.3. The SMILES string of the molecule is COc1ccc(C(=O)C(Cc2ccc(OC)c(F)c2)=C(C(=O)[O-])c2ccc3nsnc3c2)cc1.[Na+]. The molecule has 0 atom stereocenters. The standard InChI is InChI=1S/C25H19FN2O5S.Na/c1-32-17-7-4-15(5-8-17)24(29)18(11-14-3-10-22(33-2)19(26)12-14)23(25(30)31)16-6-9-20-21(13-16)28-34-27-20;/h3-10,12-13H,11H2,1-2H3,(H,30,31);/q;+1/p-1. The second-order valence-corrected chi connectivity index (χ2v) is 7.84. The second-order valence-electron chi connectivity index (χ2n) is 7.31. The zero-order chi connectivity index (χ0) is 24.2. The van der Waals surface area contributed by atoms with Crippen molar-refractivity contribution >= 4 is 40.1 Å². The number of hydrogen-bond donors (Lipinski definition) is 0. The van der Waals surface area contributed by atoms with Crippen molar-refractivity contribution in [3.63, 3.8) is 0 Å². The molecule has 0 aliphatic heterocycles. The van der Waals surface area contributed by atoms with Crippen molar-refractivity contribution < 1.29 is 58.1 Å². The summed E-state index contributed by atoms with van der Waals surface area (Å²) in [6.07, 6.45) is -0.150. The van der Waals surface area contributed by atoms with Crippen molar-refractivity contribution in [3.8, 4) is 11.5 Å². The largest absolute Gasteiger partial charge is 1.00 e. The Morgan fingerprint density at radius 1 is 0.914 bits per heavy atom. The Labute approximate surface area is 226 Å². The van der Waals surface area contributed by atoms with E-state index in [0.29, 0.717) is 22.3 Å². The van der Waals surface area contributed by atoms with E-state index in [2.05, 4.69) is 8.75 Å². The number of hydrogen-bond acceptors (Lipinski definition) is 8. The van der Waals surface area contributed by atoms with Gasteiger partial charge in [0.05, 0.1) is 31.9 Å². The number of carbonyl (C=O) groups is 2. The minimum atomic E-state index is -1.53. The first kappa shape index (κ1) is 26.5. The average molecular weight is 500 g/mol. The Morgan fingerprint density at radius 2 is 1.60 bits per heavy atom. The Balaban J connectivity index is 0.00000342. The van der Waals surface area contributed by atoms with Crippen LogP contribution in [-0.2, 0) is 11.2 Å². The van der Waals surface area contributed by atoms with E-state index < -0.39 is 17.6 Å². The van der Waals surface area contributed by atoms with E-state index in [4.69, 9.17) is 9.47 Å². The van der Waals surface area contributed by atoms with Gasteiger partial charge in [-0.25, -0.2) is 4.39 Å². The smallest absolute Gasteiger partial charge is 0.545 e. The van der Waals surface area contributed by atoms with Gasteiger partial charge >= 0.3 is 29.6 Å². The molecule has 0 radical (unpaired) electrons. The first-order valence-electron chi connectivity index (χ1n) is 10.1. The van der Waals surface area contributed by atoms with Gasteiger partial charge in [0, 0.05) is 23.1 Å². The van der Waals surface area contributed by atoms with Crippen LogP contribution in [0.5, 0.6) is 11.5 Å². The normalized spacial score (nSPS) is 11.4. The van der Waals surface area contributed by atoms with Crippen LogP contribution < -0.4 is 44.1 Å². The van der Waals surface area contributed by atoms with Gasteiger partial charge in [0.2, 0.25) is 0 Å². The number of allylic oxidation sites excluding steroid dienone is 1. The van der Waals surface area contributed by atoms with Crippen LogP contribution in [0.1, 0.15) is 21.5 Å². The van der Waals surface area contributed by atoms with E-state index in [1.807, 2.05) is 0 Å². The van der Waals surface area contributed by atoms with Crippen LogP contribution in [0.2, 0.25) is 0 Å². The fourth-order valence-electron chi connectivity index (χ4n) is 3.58. The van der Waals surface area contributed by atoms with Crippen molar-refractivity contribution in [2.75, 3.05) is 14.2 Å². The molecule has 0 bridgehead atoms. The summed E-state index contributed by atoms with van der Waals surface area (Å²) < 4.78 is 32.7. The molecule has 0 fully saturated rings. The molecule has 4 rings (SSSR count). The van der Waals surface area contributed by atoms with Crippen molar-refractivity contribution in [1.82, 2.24) is 8.75 Å². The number of carboxylic acids is 1. The Hall–Kier alpha value is -3.11. The number of aromatic nitrogens is 2. The molecule has 0 aliphatic carbocycles. The molecule has 0 amide bonds. The summed E-state index contributed by atoms with van der Waals surface area (Å²) >= 11 is 0.993. The predicted octanol–water partition coefficient (Wildman–Crippen LogP) is 0.481. The minimum Gasteiger partial charge on any atom is -0.545 e. The second kappa shape index (κ2) is 11.5. The van der Waals surface area contributed by atoms with Crippen LogP contribution in [0.25, 0.3) is 16.6 Å². The molecular formula is C25H18FN2NaO5S. The van der Waals surface area contributed by atoms with Crippen LogP contribution in [0.3, 0.4) is 0 Å². The molecule has 0 saturated carbocycles. The Morgan fingerprint density at radius 3 is 2.23 bits per heavy atom. The number of aliphatic carboxylic acids is 1. The number of carboxylic acid groups (broad SMARTS) is 1. The number of ether oxygens (including phenoxy) is 2. The van der Waals surface area contributed by atoms with Gasteiger partial charge in [-0.3, -0.25) is 4.79 Å². The molecule has 0 spiro atoms. The van der Waals surface area contributed by atoms with Crippen LogP contribution in [0.4, 0.5) is 4.39 Å². The first-order valence-corrected chi connectivity index (χ1v) is 10.8. The molecule has 10 heteroatoms. The Bertz CT molecular complexity index is 1420. The van der Waals surface area contributed by atoms with E-state index in [0.717, 1.165) is 11.7 Å². The third-order valence-electron chi connectivity index (χ3n) is 5.27. The predicted molar refractivity (Wildman–Crippen MR) is 123 cm³/mol. The van der Waals surface area contributed by atoms with E-state index in [1.54, 1.807) is 36.4 Å². The molecular weight excluding hydrogens is 482 g/mol. The monoisotopic (exact) mass is 500 g/mol. The van der Waals surface area contributed by atoms with Gasteiger partial charge in [-0.1, -0.05) is 12.1 Å². The molecule has 0 saturated heterocycles. The fraction of sp³-hybridized carbons (Fsp3) is 0.120.